The second-order valence-electron chi connectivity index (χ2n) is 18.0. The molecule has 1 N–H and O–H groups in total. The SMILES string of the molecule is CC/C=C/C/C=C/C/C=C/C/C=C/CCCCCCCCCCCC(=O)OC(COCCC(C(=O)O)[N+](C)(C)C)COC(=O)CCCCCCCC/C=C/C/C=C/C/C=C/C/C=C/CC. The molecule has 0 aliphatic heterocycles. The van der Waals surface area contributed by atoms with Crippen LogP contribution in [-0.4, -0.2) is 80.6 Å². The van der Waals surface area contributed by atoms with Crippen molar-refractivity contribution in [2.45, 2.75) is 206 Å². The molecule has 370 valence electrons. The van der Waals surface area contributed by atoms with E-state index < -0.39 is 18.1 Å². The molecule has 2 atom stereocenters. The van der Waals surface area contributed by atoms with Crippen LogP contribution in [0.25, 0.3) is 0 Å². The first-order valence-electron chi connectivity index (χ1n) is 25.8. The van der Waals surface area contributed by atoms with Crippen LogP contribution in [0.5, 0.6) is 0 Å². The molecule has 0 aliphatic rings. The molecular formula is C57H96NO7+. The molecule has 0 saturated carbocycles. The van der Waals surface area contributed by atoms with Gasteiger partial charge in [-0.25, -0.2) is 4.79 Å². The molecule has 0 aliphatic carbocycles. The Hall–Kier alpha value is -3.75. The monoisotopic (exact) mass is 907 g/mol. The van der Waals surface area contributed by atoms with Crippen LogP contribution in [0.1, 0.15) is 194 Å². The lowest BCUT2D eigenvalue weighted by Crippen LogP contribution is -2.50. The second kappa shape index (κ2) is 46.8. The van der Waals surface area contributed by atoms with Crippen molar-refractivity contribution in [1.29, 1.82) is 0 Å². The van der Waals surface area contributed by atoms with Crippen molar-refractivity contribution in [3.8, 4) is 0 Å². The molecule has 0 radical (unpaired) electrons. The van der Waals surface area contributed by atoms with Crippen LogP contribution in [0.4, 0.5) is 0 Å². The van der Waals surface area contributed by atoms with Crippen molar-refractivity contribution < 1.29 is 38.2 Å². The lowest BCUT2D eigenvalue weighted by molar-refractivity contribution is -0.887. The number of rotatable bonds is 45. The van der Waals surface area contributed by atoms with Gasteiger partial charge in [-0.1, -0.05) is 182 Å². The first-order valence-corrected chi connectivity index (χ1v) is 25.8. The largest absolute Gasteiger partial charge is 0.477 e. The number of esters is 2. The van der Waals surface area contributed by atoms with Gasteiger partial charge in [0.05, 0.1) is 34.4 Å². The van der Waals surface area contributed by atoms with Gasteiger partial charge in [-0.3, -0.25) is 9.59 Å². The zero-order valence-electron chi connectivity index (χ0n) is 42.2. The van der Waals surface area contributed by atoms with E-state index in [2.05, 4.69) is 111 Å². The Bertz CT molecular complexity index is 1380. The minimum Gasteiger partial charge on any atom is -0.477 e. The van der Waals surface area contributed by atoms with E-state index >= 15 is 0 Å². The number of carboxylic acid groups (broad SMARTS) is 1. The van der Waals surface area contributed by atoms with E-state index in [1.807, 2.05) is 21.1 Å². The van der Waals surface area contributed by atoms with E-state index in [0.29, 0.717) is 19.3 Å². The van der Waals surface area contributed by atoms with Crippen molar-refractivity contribution in [2.24, 2.45) is 0 Å². The zero-order chi connectivity index (χ0) is 47.7. The number of nitrogens with zero attached hydrogens (tertiary/aromatic N) is 1. The highest BCUT2D eigenvalue weighted by Crippen LogP contribution is 2.14. The topological polar surface area (TPSA) is 99.1 Å². The summed E-state index contributed by atoms with van der Waals surface area (Å²) in [6, 6.07) is -0.624. The number of aliphatic carboxylic acids is 1. The van der Waals surface area contributed by atoms with Crippen molar-refractivity contribution in [2.75, 3.05) is 41.0 Å². The highest BCUT2D eigenvalue weighted by Gasteiger charge is 2.31. The molecular weight excluding hydrogens is 811 g/mol. The van der Waals surface area contributed by atoms with E-state index in [-0.39, 0.29) is 36.2 Å². The van der Waals surface area contributed by atoms with Crippen molar-refractivity contribution in [3.63, 3.8) is 0 Å². The molecule has 0 aromatic carbocycles. The Balaban J connectivity index is 4.29. The molecule has 0 spiro atoms. The smallest absolute Gasteiger partial charge is 0.362 e. The fraction of sp³-hybridized carbons (Fsp3) is 0.667. The molecule has 65 heavy (non-hydrogen) atoms. The summed E-state index contributed by atoms with van der Waals surface area (Å²) in [5.41, 5.74) is 0. The molecule has 0 rings (SSSR count). The third kappa shape index (κ3) is 45.2. The van der Waals surface area contributed by atoms with Gasteiger partial charge in [-0.05, 0) is 89.9 Å². The first-order chi connectivity index (χ1) is 31.6. The number of quaternary nitrogens is 1. The molecule has 0 aromatic heterocycles. The van der Waals surface area contributed by atoms with Crippen LogP contribution in [-0.2, 0) is 28.6 Å². The van der Waals surface area contributed by atoms with Gasteiger partial charge >= 0.3 is 17.9 Å². The number of carbonyl (C=O) groups excluding carboxylic acids is 2. The second-order valence-corrected chi connectivity index (χ2v) is 18.0. The Labute approximate surface area is 398 Å². The normalized spacial score (nSPS) is 13.7. The minimum atomic E-state index is -0.881. The standard InChI is InChI=1S/C57H95NO7/c1-6-8-10-12-14-16-18-20-22-24-26-27-28-30-32-34-36-38-40-42-44-46-48-56(60)65-53(51-63-50-49-54(57(61)62)58(3,4)5)52-64-55(59)47-45-43-41-39-37-35-33-31-29-25-23-21-19-17-15-13-11-9-7-2/h8-11,14-17,20-23,26-27,29,31,53-54H,6-7,12-13,18-19,24-25,28,30,32-52H2,1-5H3/p+1/b10-8+,11-9+,16-14+,17-15+,22-20+,23-21+,27-26+,31-29+. The predicted octanol–water partition coefficient (Wildman–Crippen LogP) is 15.0. The summed E-state index contributed by atoms with van der Waals surface area (Å²) in [6.07, 6.45) is 63.1. The van der Waals surface area contributed by atoms with Gasteiger partial charge in [0.1, 0.15) is 6.61 Å². The van der Waals surface area contributed by atoms with E-state index in [0.717, 1.165) is 109 Å². The molecule has 2 unspecified atom stereocenters. The molecule has 0 bridgehead atoms. The molecule has 0 amide bonds. The average molecular weight is 907 g/mol. The number of likely N-dealkylation sites (N-methyl/N-ethyl adjacent to an activating group) is 1. The van der Waals surface area contributed by atoms with Crippen LogP contribution >= 0.6 is 0 Å². The minimum absolute atomic E-state index is 0.0485. The fourth-order valence-electron chi connectivity index (χ4n) is 7.07. The van der Waals surface area contributed by atoms with Gasteiger partial charge < -0.3 is 23.8 Å². The summed E-state index contributed by atoms with van der Waals surface area (Å²) in [7, 11) is 5.52. The third-order valence-electron chi connectivity index (χ3n) is 11.0. The van der Waals surface area contributed by atoms with Crippen LogP contribution in [0.15, 0.2) is 97.2 Å². The van der Waals surface area contributed by atoms with Gasteiger partial charge in [0, 0.05) is 19.3 Å². The Morgan fingerprint density at radius 2 is 0.815 bits per heavy atom. The first kappa shape index (κ1) is 61.2. The molecule has 0 aromatic rings. The van der Waals surface area contributed by atoms with Crippen molar-refractivity contribution in [3.05, 3.63) is 97.2 Å². The lowest BCUT2D eigenvalue weighted by Gasteiger charge is -2.31. The van der Waals surface area contributed by atoms with Gasteiger partial charge in [0.15, 0.2) is 12.1 Å². The van der Waals surface area contributed by atoms with Gasteiger partial charge in [0.2, 0.25) is 0 Å². The van der Waals surface area contributed by atoms with E-state index in [4.69, 9.17) is 14.2 Å². The maximum absolute atomic E-state index is 12.8. The number of ether oxygens (including phenoxy) is 3. The molecule has 0 saturated heterocycles. The zero-order valence-corrected chi connectivity index (χ0v) is 42.2. The summed E-state index contributed by atoms with van der Waals surface area (Å²) in [5, 5.41) is 9.66. The molecule has 0 heterocycles. The predicted molar refractivity (Wildman–Crippen MR) is 275 cm³/mol. The lowest BCUT2D eigenvalue weighted by atomic mass is 10.1. The number of hydrogen-bond donors (Lipinski definition) is 1. The maximum atomic E-state index is 12.8. The number of carbonyl (C=O) groups is 3. The highest BCUT2D eigenvalue weighted by atomic mass is 16.6. The van der Waals surface area contributed by atoms with Crippen LogP contribution in [0.2, 0.25) is 0 Å². The molecule has 8 heteroatoms. The van der Waals surface area contributed by atoms with Gasteiger partial charge in [-0.2, -0.15) is 0 Å². The van der Waals surface area contributed by atoms with Crippen molar-refractivity contribution in [1.82, 2.24) is 0 Å². The van der Waals surface area contributed by atoms with Crippen LogP contribution in [0.3, 0.4) is 0 Å². The summed E-state index contributed by atoms with van der Waals surface area (Å²) < 4.78 is 17.3. The summed E-state index contributed by atoms with van der Waals surface area (Å²) in [4.78, 5) is 37.2. The summed E-state index contributed by atoms with van der Waals surface area (Å²) in [6.45, 7) is 4.49. The average Bonchev–Trinajstić information content (AvgIpc) is 3.27. The number of hydrogen-bond acceptors (Lipinski definition) is 6. The fourth-order valence-corrected chi connectivity index (χ4v) is 7.07. The molecule has 8 nitrogen and oxygen atoms in total. The van der Waals surface area contributed by atoms with Gasteiger partial charge in [-0.15, -0.1) is 0 Å². The van der Waals surface area contributed by atoms with E-state index in [9.17, 15) is 19.5 Å². The van der Waals surface area contributed by atoms with Crippen LogP contribution in [0, 0.1) is 0 Å². The van der Waals surface area contributed by atoms with Gasteiger partial charge in [0.25, 0.3) is 0 Å². The number of unbranched alkanes of at least 4 members (excludes halogenated alkanes) is 15. The highest BCUT2D eigenvalue weighted by molar-refractivity contribution is 5.72. The number of carboxylic acids is 1. The summed E-state index contributed by atoms with van der Waals surface area (Å²) in [5.74, 6) is -1.50. The van der Waals surface area contributed by atoms with E-state index in [1.165, 1.54) is 51.4 Å². The maximum Gasteiger partial charge on any atom is 0.362 e. The Kier molecular flexibility index (Phi) is 44.1. The summed E-state index contributed by atoms with van der Waals surface area (Å²) >= 11 is 0. The number of allylic oxidation sites excluding steroid dienone is 16. The Morgan fingerprint density at radius 1 is 0.462 bits per heavy atom. The van der Waals surface area contributed by atoms with Crippen molar-refractivity contribution >= 4 is 17.9 Å². The van der Waals surface area contributed by atoms with E-state index in [1.54, 1.807) is 0 Å². The Morgan fingerprint density at radius 3 is 1.20 bits per heavy atom. The quantitative estimate of drug-likeness (QED) is 0.0281. The molecule has 0 fully saturated rings. The van der Waals surface area contributed by atoms with Crippen LogP contribution < -0.4 is 0 Å². The third-order valence-corrected chi connectivity index (χ3v) is 11.0.